The second-order valence-electron chi connectivity index (χ2n) is 3.63. The molecule has 0 atom stereocenters. The molecule has 0 bridgehead atoms. The van der Waals surface area contributed by atoms with Gasteiger partial charge in [-0.1, -0.05) is 12.8 Å². The molecule has 0 aliphatic heterocycles. The molecule has 1 rings (SSSR count). The summed E-state index contributed by atoms with van der Waals surface area (Å²) in [5.41, 5.74) is 0. The van der Waals surface area contributed by atoms with Crippen LogP contribution in [0.2, 0.25) is 0 Å². The molecule has 0 spiro atoms. The summed E-state index contributed by atoms with van der Waals surface area (Å²) in [7, 11) is -16.2. The minimum absolute atomic E-state index is 0. The summed E-state index contributed by atoms with van der Waals surface area (Å²) in [4.78, 5) is 0. The molecule has 0 aromatic rings. The van der Waals surface area contributed by atoms with Crippen LogP contribution >= 0.6 is 0 Å². The zero-order chi connectivity index (χ0) is 18.6. The smallest absolute Gasteiger partial charge is 0.418 e. The van der Waals surface area contributed by atoms with Gasteiger partial charge < -0.3 is 56.5 Å². The van der Waals surface area contributed by atoms with Gasteiger partial charge in [-0.05, 0) is 12.8 Å². The van der Waals surface area contributed by atoms with E-state index in [9.17, 15) is 51.8 Å². The van der Waals surface area contributed by atoms with Gasteiger partial charge in [-0.25, -0.2) is 0 Å². The van der Waals surface area contributed by atoms with E-state index < -0.39 is 21.8 Å². The molecule has 17 heteroatoms. The first-order valence-corrected chi connectivity index (χ1v) is 5.58. The molecule has 1 aliphatic rings. The molecular formula is C6H12B3F12KO-2. The van der Waals surface area contributed by atoms with Crippen LogP contribution in [0.25, 0.3) is 0 Å². The van der Waals surface area contributed by atoms with Crippen LogP contribution in [0.1, 0.15) is 25.7 Å². The van der Waals surface area contributed by atoms with Gasteiger partial charge in [-0.15, -0.1) is 0 Å². The maximum atomic E-state index is 9.75. The predicted molar refractivity (Wildman–Crippen MR) is 59.8 cm³/mol. The zero-order valence-electron chi connectivity index (χ0n) is 12.1. The molecule has 1 saturated carbocycles. The van der Waals surface area contributed by atoms with Crippen molar-refractivity contribution in [2.75, 3.05) is 7.11 Å². The minimum atomic E-state index is -6.00. The van der Waals surface area contributed by atoms with Crippen LogP contribution in [0, 0.1) is 0 Å². The Labute approximate surface area is 167 Å². The molecule has 0 heterocycles. The monoisotopic (exact) mass is 400 g/mol. The van der Waals surface area contributed by atoms with Gasteiger partial charge in [-0.3, -0.25) is 0 Å². The topological polar surface area (TPSA) is 9.23 Å². The van der Waals surface area contributed by atoms with Crippen molar-refractivity contribution in [1.82, 2.24) is 0 Å². The van der Waals surface area contributed by atoms with Crippen LogP contribution in [0.5, 0.6) is 0 Å². The maximum Gasteiger partial charge on any atom is 1.00 e. The van der Waals surface area contributed by atoms with E-state index in [4.69, 9.17) is 4.74 Å². The third-order valence-electron chi connectivity index (χ3n) is 1.64. The van der Waals surface area contributed by atoms with Crippen LogP contribution in [0.4, 0.5) is 51.8 Å². The molecule has 1 aliphatic carbocycles. The predicted octanol–water partition coefficient (Wildman–Crippen LogP) is 2.48. The standard InChI is InChI=1S/C6H12O.3BF4.K/c1-7-6-4-2-3-5-6;3*2-1(3,4)5;/h6H,2-5H2,1H3;;;;/q;3*-1;+1. The fourth-order valence-corrected chi connectivity index (χ4v) is 1.12. The molecule has 1 nitrogen and oxygen atoms in total. The number of hydrogen-bond donors (Lipinski definition) is 0. The number of ether oxygens (including phenoxy) is 1. The van der Waals surface area contributed by atoms with Crippen molar-refractivity contribution in [2.45, 2.75) is 31.8 Å². The first kappa shape index (κ1) is 31.7. The van der Waals surface area contributed by atoms with Crippen molar-refractivity contribution in [3.63, 3.8) is 0 Å². The summed E-state index contributed by atoms with van der Waals surface area (Å²) in [5, 5.41) is 0. The van der Waals surface area contributed by atoms with Gasteiger partial charge in [0.1, 0.15) is 0 Å². The van der Waals surface area contributed by atoms with E-state index in [1.165, 1.54) is 25.7 Å². The summed E-state index contributed by atoms with van der Waals surface area (Å²) in [6.45, 7) is 0. The summed E-state index contributed by atoms with van der Waals surface area (Å²) in [5.74, 6) is 0. The molecule has 1 fully saturated rings. The molecule has 138 valence electrons. The third kappa shape index (κ3) is 102. The van der Waals surface area contributed by atoms with E-state index in [-0.39, 0.29) is 51.4 Å². The van der Waals surface area contributed by atoms with E-state index in [0.29, 0.717) is 6.10 Å². The Balaban J connectivity index is -0.000000105. The average Bonchev–Trinajstić information content (AvgIpc) is 2.60. The fourth-order valence-electron chi connectivity index (χ4n) is 1.12. The molecule has 0 radical (unpaired) electrons. The van der Waals surface area contributed by atoms with Gasteiger partial charge in [0.05, 0.1) is 6.10 Å². The Hall–Kier alpha value is 0.951. The van der Waals surface area contributed by atoms with Crippen LogP contribution in [0.15, 0.2) is 0 Å². The summed E-state index contributed by atoms with van der Waals surface area (Å²) in [6.07, 6.45) is 5.92. The van der Waals surface area contributed by atoms with E-state index in [1.807, 2.05) is 0 Å². The molecular weight excluding hydrogens is 388 g/mol. The number of hydrogen-bond acceptors (Lipinski definition) is 1. The van der Waals surface area contributed by atoms with Gasteiger partial charge in [-0.2, -0.15) is 0 Å². The first-order valence-electron chi connectivity index (χ1n) is 5.58. The van der Waals surface area contributed by atoms with E-state index in [2.05, 4.69) is 0 Å². The van der Waals surface area contributed by atoms with E-state index >= 15 is 0 Å². The van der Waals surface area contributed by atoms with Crippen molar-refractivity contribution in [3.8, 4) is 0 Å². The van der Waals surface area contributed by atoms with Gasteiger partial charge >= 0.3 is 73.1 Å². The van der Waals surface area contributed by atoms with Crippen LogP contribution in [-0.2, 0) is 4.74 Å². The van der Waals surface area contributed by atoms with Crippen molar-refractivity contribution >= 4 is 21.8 Å². The van der Waals surface area contributed by atoms with Crippen LogP contribution < -0.4 is 51.4 Å². The number of methoxy groups -OCH3 is 1. The Bertz CT molecular complexity index is 204. The zero-order valence-corrected chi connectivity index (χ0v) is 15.2. The number of rotatable bonds is 1. The van der Waals surface area contributed by atoms with Crippen LogP contribution in [-0.4, -0.2) is 35.0 Å². The largest absolute Gasteiger partial charge is 1.00 e. The van der Waals surface area contributed by atoms with Crippen molar-refractivity contribution < 1.29 is 108 Å². The van der Waals surface area contributed by atoms with Gasteiger partial charge in [0.2, 0.25) is 0 Å². The van der Waals surface area contributed by atoms with E-state index in [1.54, 1.807) is 7.11 Å². The minimum Gasteiger partial charge on any atom is -0.418 e. The maximum absolute atomic E-state index is 9.75. The summed E-state index contributed by atoms with van der Waals surface area (Å²) < 4.78 is 122. The van der Waals surface area contributed by atoms with Crippen molar-refractivity contribution in [3.05, 3.63) is 0 Å². The first-order chi connectivity index (χ1) is 9.43. The Morgan fingerprint density at radius 1 is 0.609 bits per heavy atom. The molecule has 0 aromatic heterocycles. The molecule has 0 unspecified atom stereocenters. The van der Waals surface area contributed by atoms with Gasteiger partial charge in [0.15, 0.2) is 0 Å². The quantitative estimate of drug-likeness (QED) is 0.486. The van der Waals surface area contributed by atoms with E-state index in [0.717, 1.165) is 0 Å². The summed E-state index contributed by atoms with van der Waals surface area (Å²) >= 11 is 0. The molecule has 0 saturated heterocycles. The normalized spacial score (nSPS) is 15.0. The summed E-state index contributed by atoms with van der Waals surface area (Å²) in [6, 6.07) is 0. The second-order valence-corrected chi connectivity index (χ2v) is 3.63. The Morgan fingerprint density at radius 2 is 0.783 bits per heavy atom. The Kier molecular flexibility index (Phi) is 21.0. The SMILES string of the molecule is COC1CCCC1.F[B-](F)(F)F.F[B-](F)(F)F.F[B-](F)(F)F.[K+]. The van der Waals surface area contributed by atoms with Crippen molar-refractivity contribution in [1.29, 1.82) is 0 Å². The Morgan fingerprint density at radius 3 is 0.870 bits per heavy atom. The molecule has 0 aromatic carbocycles. The van der Waals surface area contributed by atoms with Crippen molar-refractivity contribution in [2.24, 2.45) is 0 Å². The fraction of sp³-hybridized carbons (Fsp3) is 1.00. The molecule has 0 amide bonds. The average molecular weight is 400 g/mol. The molecule has 23 heavy (non-hydrogen) atoms. The van der Waals surface area contributed by atoms with Gasteiger partial charge in [0, 0.05) is 7.11 Å². The van der Waals surface area contributed by atoms with Crippen LogP contribution in [0.3, 0.4) is 0 Å². The number of halogens is 12. The third-order valence-corrected chi connectivity index (χ3v) is 1.64. The second kappa shape index (κ2) is 15.2. The van der Waals surface area contributed by atoms with Gasteiger partial charge in [0.25, 0.3) is 0 Å². The molecule has 0 N–H and O–H groups in total.